The highest BCUT2D eigenvalue weighted by molar-refractivity contribution is 5.96. The Labute approximate surface area is 246 Å². The zero-order valence-electron chi connectivity index (χ0n) is 23.3. The maximum atomic E-state index is 14.4. The van der Waals surface area contributed by atoms with Crippen LogP contribution in [0, 0.1) is 5.82 Å². The Morgan fingerprint density at radius 2 is 1.74 bits per heavy atom. The van der Waals surface area contributed by atoms with Crippen LogP contribution in [0.15, 0.2) is 102 Å². The average molecular weight is 575 g/mol. The molecular weight excluding hydrogens is 547 g/mol. The van der Waals surface area contributed by atoms with E-state index in [-0.39, 0.29) is 11.5 Å². The Balaban J connectivity index is 1.53. The van der Waals surface area contributed by atoms with Gasteiger partial charge in [-0.15, -0.1) is 0 Å². The second-order valence-electron chi connectivity index (χ2n) is 9.92. The van der Waals surface area contributed by atoms with E-state index in [1.165, 1.54) is 24.4 Å². The maximum Gasteiger partial charge on any atom is 0.263 e. The second kappa shape index (κ2) is 11.2. The summed E-state index contributed by atoms with van der Waals surface area (Å²) in [6.45, 7) is 1.90. The second-order valence-corrected chi connectivity index (χ2v) is 9.92. The lowest BCUT2D eigenvalue weighted by Gasteiger charge is -2.23. The molecule has 214 valence electrons. The van der Waals surface area contributed by atoms with Gasteiger partial charge in [-0.25, -0.2) is 14.4 Å². The van der Waals surface area contributed by atoms with E-state index in [9.17, 15) is 14.3 Å². The van der Waals surface area contributed by atoms with E-state index >= 15 is 0 Å². The SMILES string of the molecule is COc1cc(-c2cccc3cc(C(C)Nc4nc(N)ncc4-c4ccc(F)c(O)c4)n(-c4ccccc4)c(=O)c23)ccn1. The lowest BCUT2D eigenvalue weighted by molar-refractivity contribution is 0.398. The van der Waals surface area contributed by atoms with Gasteiger partial charge in [0, 0.05) is 35.4 Å². The standard InChI is InChI=1S/C33H27FN6O3/c1-19(38-31-25(18-37-33(35)39-31)20-11-12-26(34)28(41)16-20)27-15-22-7-6-10-24(21-13-14-36-29(17-21)43-2)30(22)32(42)40(27)23-8-4-3-5-9-23/h3-19,41H,1-2H3,(H3,35,37,38,39). The van der Waals surface area contributed by atoms with Crippen LogP contribution in [0.1, 0.15) is 18.7 Å². The first-order valence-electron chi connectivity index (χ1n) is 13.5. The largest absolute Gasteiger partial charge is 0.505 e. The summed E-state index contributed by atoms with van der Waals surface area (Å²) in [4.78, 5) is 27.2. The Morgan fingerprint density at radius 1 is 0.953 bits per heavy atom. The van der Waals surface area contributed by atoms with Crippen molar-refractivity contribution in [2.45, 2.75) is 13.0 Å². The Kier molecular flexibility index (Phi) is 7.17. The molecule has 6 aromatic rings. The number of phenolic OH excluding ortho intramolecular Hbond substituents is 1. The van der Waals surface area contributed by atoms with Crippen LogP contribution >= 0.6 is 0 Å². The summed E-state index contributed by atoms with van der Waals surface area (Å²) < 4.78 is 20.8. The number of fused-ring (bicyclic) bond motifs is 1. The van der Waals surface area contributed by atoms with Gasteiger partial charge in [0.1, 0.15) is 5.82 Å². The molecule has 0 radical (unpaired) electrons. The van der Waals surface area contributed by atoms with Gasteiger partial charge in [-0.3, -0.25) is 9.36 Å². The van der Waals surface area contributed by atoms with Crippen LogP contribution < -0.4 is 21.3 Å². The molecule has 0 bridgehead atoms. The van der Waals surface area contributed by atoms with Crippen molar-refractivity contribution in [3.8, 4) is 39.6 Å². The lowest BCUT2D eigenvalue weighted by Crippen LogP contribution is -2.26. The summed E-state index contributed by atoms with van der Waals surface area (Å²) in [7, 11) is 1.55. The van der Waals surface area contributed by atoms with Crippen LogP contribution in [0.25, 0.3) is 38.7 Å². The molecule has 6 rings (SSSR count). The summed E-state index contributed by atoms with van der Waals surface area (Å²) in [6, 6.07) is 24.2. The van der Waals surface area contributed by atoms with Gasteiger partial charge in [-0.1, -0.05) is 42.5 Å². The summed E-state index contributed by atoms with van der Waals surface area (Å²) in [5, 5.41) is 14.7. The van der Waals surface area contributed by atoms with Crippen molar-refractivity contribution in [2.75, 3.05) is 18.2 Å². The normalized spacial score (nSPS) is 11.8. The number of hydrogen-bond donors (Lipinski definition) is 3. The number of ether oxygens (including phenoxy) is 1. The van der Waals surface area contributed by atoms with E-state index in [2.05, 4.69) is 20.3 Å². The highest BCUT2D eigenvalue weighted by Gasteiger charge is 2.21. The third kappa shape index (κ3) is 5.21. The minimum absolute atomic E-state index is 0.0289. The maximum absolute atomic E-state index is 14.4. The quantitative estimate of drug-likeness (QED) is 0.208. The first-order valence-corrected chi connectivity index (χ1v) is 13.5. The van der Waals surface area contributed by atoms with Crippen LogP contribution in [-0.2, 0) is 0 Å². The van der Waals surface area contributed by atoms with E-state index in [0.717, 1.165) is 16.5 Å². The highest BCUT2D eigenvalue weighted by Crippen LogP contribution is 2.34. The fourth-order valence-electron chi connectivity index (χ4n) is 5.15. The molecule has 9 nitrogen and oxygen atoms in total. The van der Waals surface area contributed by atoms with E-state index in [0.29, 0.717) is 39.6 Å². The number of rotatable bonds is 7. The zero-order valence-corrected chi connectivity index (χ0v) is 23.3. The number of pyridine rings is 2. The fraction of sp³-hybridized carbons (Fsp3) is 0.0909. The number of phenols is 1. The molecule has 3 aromatic heterocycles. The van der Waals surface area contributed by atoms with Crippen LogP contribution in [0.4, 0.5) is 16.2 Å². The lowest BCUT2D eigenvalue weighted by atomic mass is 9.98. The molecule has 10 heteroatoms. The van der Waals surface area contributed by atoms with Crippen molar-refractivity contribution in [2.24, 2.45) is 0 Å². The number of nitrogens with one attached hydrogen (secondary N) is 1. The van der Waals surface area contributed by atoms with Gasteiger partial charge in [-0.05, 0) is 65.4 Å². The van der Waals surface area contributed by atoms with Gasteiger partial charge in [0.15, 0.2) is 11.6 Å². The minimum Gasteiger partial charge on any atom is -0.505 e. The summed E-state index contributed by atoms with van der Waals surface area (Å²) in [5.41, 5.74) is 9.64. The number of halogens is 1. The van der Waals surface area contributed by atoms with Gasteiger partial charge in [0.2, 0.25) is 11.8 Å². The third-order valence-corrected chi connectivity index (χ3v) is 7.21. The molecule has 43 heavy (non-hydrogen) atoms. The predicted molar refractivity (Wildman–Crippen MR) is 165 cm³/mol. The monoisotopic (exact) mass is 574 g/mol. The van der Waals surface area contributed by atoms with Crippen molar-refractivity contribution in [1.29, 1.82) is 0 Å². The van der Waals surface area contributed by atoms with Crippen LogP contribution in [0.3, 0.4) is 0 Å². The highest BCUT2D eigenvalue weighted by atomic mass is 19.1. The van der Waals surface area contributed by atoms with Crippen LogP contribution in [-0.4, -0.2) is 31.7 Å². The van der Waals surface area contributed by atoms with Crippen LogP contribution in [0.2, 0.25) is 0 Å². The van der Waals surface area contributed by atoms with E-state index in [1.54, 1.807) is 23.9 Å². The third-order valence-electron chi connectivity index (χ3n) is 7.21. The fourth-order valence-corrected chi connectivity index (χ4v) is 5.15. The molecule has 3 aromatic carbocycles. The minimum atomic E-state index is -0.740. The number of benzene rings is 3. The van der Waals surface area contributed by atoms with Gasteiger partial charge >= 0.3 is 0 Å². The van der Waals surface area contributed by atoms with Crippen molar-refractivity contribution in [3.63, 3.8) is 0 Å². The van der Waals surface area contributed by atoms with Crippen molar-refractivity contribution < 1.29 is 14.2 Å². The number of para-hydroxylation sites is 1. The first-order chi connectivity index (χ1) is 20.8. The number of hydrogen-bond acceptors (Lipinski definition) is 8. The summed E-state index contributed by atoms with van der Waals surface area (Å²) in [5.74, 6) is -0.405. The molecule has 0 fully saturated rings. The number of nitrogen functional groups attached to an aromatic ring is 1. The van der Waals surface area contributed by atoms with E-state index < -0.39 is 17.6 Å². The molecule has 0 aliphatic carbocycles. The van der Waals surface area contributed by atoms with Crippen molar-refractivity contribution in [3.05, 3.63) is 119 Å². The molecule has 1 atom stereocenters. The smallest absolute Gasteiger partial charge is 0.263 e. The van der Waals surface area contributed by atoms with Crippen LogP contribution in [0.5, 0.6) is 11.6 Å². The summed E-state index contributed by atoms with van der Waals surface area (Å²) >= 11 is 0. The Hall–Kier alpha value is -5.77. The molecule has 0 saturated heterocycles. The zero-order chi connectivity index (χ0) is 30.1. The Bertz CT molecular complexity index is 2030. The molecule has 0 aliphatic rings. The molecular formula is C33H27FN6O3. The average Bonchev–Trinajstić information content (AvgIpc) is 3.02. The van der Waals surface area contributed by atoms with E-state index in [1.807, 2.05) is 67.6 Å². The molecule has 0 spiro atoms. The number of anilines is 2. The van der Waals surface area contributed by atoms with Gasteiger partial charge in [0.05, 0.1) is 18.5 Å². The molecule has 0 aliphatic heterocycles. The number of aromatic nitrogens is 4. The number of nitrogens with two attached hydrogens (primary N) is 1. The van der Waals surface area contributed by atoms with Crippen molar-refractivity contribution >= 4 is 22.5 Å². The molecule has 4 N–H and O–H groups in total. The molecule has 0 saturated carbocycles. The number of methoxy groups -OCH3 is 1. The molecule has 3 heterocycles. The molecule has 0 amide bonds. The predicted octanol–water partition coefficient (Wildman–Crippen LogP) is 6.12. The van der Waals surface area contributed by atoms with Gasteiger partial charge in [0.25, 0.3) is 5.56 Å². The first kappa shape index (κ1) is 27.4. The Morgan fingerprint density at radius 3 is 2.51 bits per heavy atom. The summed E-state index contributed by atoms with van der Waals surface area (Å²) in [6.07, 6.45) is 3.15. The van der Waals surface area contributed by atoms with E-state index in [4.69, 9.17) is 10.5 Å². The van der Waals surface area contributed by atoms with Gasteiger partial charge < -0.3 is 20.9 Å². The van der Waals surface area contributed by atoms with Crippen molar-refractivity contribution in [1.82, 2.24) is 19.5 Å². The molecule has 1 unspecified atom stereocenters. The number of aromatic hydroxyl groups is 1. The number of nitrogens with zero attached hydrogens (tertiary/aromatic N) is 4. The van der Waals surface area contributed by atoms with Gasteiger partial charge in [-0.2, -0.15) is 4.98 Å². The topological polar surface area (TPSA) is 128 Å².